The summed E-state index contributed by atoms with van der Waals surface area (Å²) in [6.07, 6.45) is 4.70. The van der Waals surface area contributed by atoms with E-state index in [1.807, 2.05) is 22.9 Å². The van der Waals surface area contributed by atoms with Crippen molar-refractivity contribution in [2.75, 3.05) is 0 Å². The number of fused-ring (bicyclic) bond motifs is 3. The molecule has 1 N–H and O–H groups in total. The Labute approximate surface area is 191 Å². The topological polar surface area (TPSA) is 70.7 Å². The van der Waals surface area contributed by atoms with Crippen molar-refractivity contribution in [1.82, 2.24) is 15.1 Å². The largest absolute Gasteiger partial charge is 0.349 e. The standard InChI is InChI=1S/C25H24ClFN4O/c1-14(24-21(26)3-2-4-22(24)27)30-25(32)20-10-19(16-8-17(20)9-16)13-31-23-6-5-15(11-28)7-18(23)12-29-31/h2-7,12,14,16-17,19-20H,8-10,13H2,1H3,(H,30,32)/t14-,16?,17?,19-,20-/m0/s1. The zero-order chi connectivity index (χ0) is 22.4. The number of hydrogen-bond acceptors (Lipinski definition) is 3. The molecule has 3 aliphatic rings. The van der Waals surface area contributed by atoms with Crippen LogP contribution in [-0.4, -0.2) is 15.7 Å². The second-order valence-corrected chi connectivity index (χ2v) is 9.58. The molecule has 0 spiro atoms. The number of nitriles is 1. The molecule has 1 heterocycles. The lowest BCUT2D eigenvalue weighted by atomic mass is 9.55. The number of benzene rings is 2. The predicted octanol–water partition coefficient (Wildman–Crippen LogP) is 5.24. The van der Waals surface area contributed by atoms with E-state index in [0.29, 0.717) is 33.9 Å². The molecule has 5 nitrogen and oxygen atoms in total. The van der Waals surface area contributed by atoms with Crippen molar-refractivity contribution in [3.8, 4) is 6.07 Å². The Morgan fingerprint density at radius 1 is 1.31 bits per heavy atom. The molecule has 3 saturated carbocycles. The number of amides is 1. The van der Waals surface area contributed by atoms with Crippen molar-refractivity contribution in [2.45, 2.75) is 38.8 Å². The molecule has 6 rings (SSSR count). The second-order valence-electron chi connectivity index (χ2n) is 9.17. The summed E-state index contributed by atoms with van der Waals surface area (Å²) in [4.78, 5) is 13.1. The fraction of sp³-hybridized carbons (Fsp3) is 0.400. The quantitative estimate of drug-likeness (QED) is 0.577. The van der Waals surface area contributed by atoms with Gasteiger partial charge in [0.25, 0.3) is 0 Å². The SMILES string of the molecule is C[C@H](NC(=O)[C@H]1C[C@@H](Cn2ncc3cc(C#N)ccc32)C2CC1C2)c1c(F)cccc1Cl. The van der Waals surface area contributed by atoms with Gasteiger partial charge >= 0.3 is 0 Å². The monoisotopic (exact) mass is 450 g/mol. The molecule has 1 aromatic heterocycles. The van der Waals surface area contributed by atoms with Crippen molar-refractivity contribution in [3.63, 3.8) is 0 Å². The third-order valence-electron chi connectivity index (χ3n) is 7.31. The molecule has 3 aliphatic carbocycles. The van der Waals surface area contributed by atoms with Crippen LogP contribution in [0.1, 0.15) is 43.4 Å². The Kier molecular flexibility index (Phi) is 5.38. The van der Waals surface area contributed by atoms with Crippen molar-refractivity contribution < 1.29 is 9.18 Å². The van der Waals surface area contributed by atoms with Gasteiger partial charge in [-0.2, -0.15) is 10.4 Å². The average Bonchev–Trinajstić information content (AvgIpc) is 3.14. The minimum absolute atomic E-state index is 0.0195. The van der Waals surface area contributed by atoms with E-state index in [9.17, 15) is 9.18 Å². The first-order valence-electron chi connectivity index (χ1n) is 11.0. The van der Waals surface area contributed by atoms with E-state index in [-0.39, 0.29) is 11.8 Å². The average molecular weight is 451 g/mol. The van der Waals surface area contributed by atoms with E-state index in [4.69, 9.17) is 16.9 Å². The van der Waals surface area contributed by atoms with Crippen LogP contribution in [0.5, 0.6) is 0 Å². The van der Waals surface area contributed by atoms with Gasteiger partial charge in [0.15, 0.2) is 0 Å². The number of nitrogens with zero attached hydrogens (tertiary/aromatic N) is 3. The van der Waals surface area contributed by atoms with Gasteiger partial charge < -0.3 is 5.32 Å². The third-order valence-corrected chi connectivity index (χ3v) is 7.64. The van der Waals surface area contributed by atoms with Crippen LogP contribution in [0.3, 0.4) is 0 Å². The zero-order valence-corrected chi connectivity index (χ0v) is 18.5. The highest BCUT2D eigenvalue weighted by Crippen LogP contribution is 2.52. The van der Waals surface area contributed by atoms with Gasteiger partial charge in [-0.15, -0.1) is 0 Å². The molecule has 0 saturated heterocycles. The molecule has 3 aromatic rings. The van der Waals surface area contributed by atoms with Gasteiger partial charge in [-0.25, -0.2) is 4.39 Å². The van der Waals surface area contributed by atoms with Crippen LogP contribution in [0, 0.1) is 40.8 Å². The summed E-state index contributed by atoms with van der Waals surface area (Å²) in [6, 6.07) is 11.9. The summed E-state index contributed by atoms with van der Waals surface area (Å²) < 4.78 is 16.3. The zero-order valence-electron chi connectivity index (χ0n) is 17.8. The maximum Gasteiger partial charge on any atom is 0.223 e. The minimum Gasteiger partial charge on any atom is -0.349 e. The van der Waals surface area contributed by atoms with Gasteiger partial charge in [0.1, 0.15) is 5.82 Å². The highest BCUT2D eigenvalue weighted by molar-refractivity contribution is 6.31. The maximum absolute atomic E-state index is 14.3. The Hall–Kier alpha value is -2.91. The van der Waals surface area contributed by atoms with E-state index < -0.39 is 11.9 Å². The molecule has 32 heavy (non-hydrogen) atoms. The van der Waals surface area contributed by atoms with Crippen LogP contribution in [0.25, 0.3) is 10.9 Å². The number of aromatic nitrogens is 2. The van der Waals surface area contributed by atoms with Crippen molar-refractivity contribution in [2.24, 2.45) is 23.7 Å². The van der Waals surface area contributed by atoms with Crippen molar-refractivity contribution >= 4 is 28.4 Å². The Morgan fingerprint density at radius 3 is 2.88 bits per heavy atom. The van der Waals surface area contributed by atoms with Crippen molar-refractivity contribution in [3.05, 3.63) is 64.6 Å². The van der Waals surface area contributed by atoms with Gasteiger partial charge in [0, 0.05) is 28.4 Å². The number of carbonyl (C=O) groups is 1. The van der Waals surface area contributed by atoms with Crippen LogP contribution in [0.2, 0.25) is 5.02 Å². The third kappa shape index (κ3) is 3.65. The first kappa shape index (κ1) is 21.0. The van der Waals surface area contributed by atoms with E-state index in [2.05, 4.69) is 16.5 Å². The summed E-state index contributed by atoms with van der Waals surface area (Å²) >= 11 is 6.18. The molecule has 3 atom stereocenters. The molecule has 2 bridgehead atoms. The summed E-state index contributed by atoms with van der Waals surface area (Å²) in [5.74, 6) is 0.869. The Balaban J connectivity index is 1.29. The highest BCUT2D eigenvalue weighted by Gasteiger charge is 2.48. The van der Waals surface area contributed by atoms with E-state index in [0.717, 1.165) is 36.7 Å². The van der Waals surface area contributed by atoms with Crippen LogP contribution in [-0.2, 0) is 11.3 Å². The summed E-state index contributed by atoms with van der Waals surface area (Å²) in [7, 11) is 0. The first-order valence-corrected chi connectivity index (χ1v) is 11.4. The molecule has 0 unspecified atom stereocenters. The minimum atomic E-state index is -0.489. The predicted molar refractivity (Wildman–Crippen MR) is 120 cm³/mol. The van der Waals surface area contributed by atoms with Crippen LogP contribution >= 0.6 is 11.6 Å². The molecular formula is C25H24ClFN4O. The molecule has 7 heteroatoms. The van der Waals surface area contributed by atoms with Gasteiger partial charge in [0.2, 0.25) is 5.91 Å². The molecule has 0 aliphatic heterocycles. The van der Waals surface area contributed by atoms with Crippen LogP contribution in [0.4, 0.5) is 4.39 Å². The summed E-state index contributed by atoms with van der Waals surface area (Å²) in [5, 5.41) is 17.9. The number of halogens is 2. The smallest absolute Gasteiger partial charge is 0.223 e. The van der Waals surface area contributed by atoms with E-state index in [1.165, 1.54) is 6.07 Å². The molecule has 2 aromatic carbocycles. The highest BCUT2D eigenvalue weighted by atomic mass is 35.5. The second kappa shape index (κ2) is 8.22. The van der Waals surface area contributed by atoms with E-state index >= 15 is 0 Å². The molecular weight excluding hydrogens is 427 g/mol. The van der Waals surface area contributed by atoms with Gasteiger partial charge in [-0.05, 0) is 74.3 Å². The lowest BCUT2D eigenvalue weighted by Crippen LogP contribution is -2.49. The summed E-state index contributed by atoms with van der Waals surface area (Å²) in [5.41, 5.74) is 1.97. The van der Waals surface area contributed by atoms with Crippen molar-refractivity contribution in [1.29, 1.82) is 5.26 Å². The maximum atomic E-state index is 14.3. The Bertz CT molecular complexity index is 1210. The number of carbonyl (C=O) groups excluding carboxylic acids is 1. The normalized spacial score (nSPS) is 25.1. The summed E-state index contributed by atoms with van der Waals surface area (Å²) in [6.45, 7) is 2.53. The lowest BCUT2D eigenvalue weighted by Gasteiger charge is -2.51. The fourth-order valence-corrected chi connectivity index (χ4v) is 5.85. The first-order chi connectivity index (χ1) is 15.4. The van der Waals surface area contributed by atoms with Gasteiger partial charge in [-0.1, -0.05) is 17.7 Å². The molecule has 1 amide bonds. The molecule has 0 radical (unpaired) electrons. The van der Waals surface area contributed by atoms with E-state index in [1.54, 1.807) is 25.3 Å². The number of hydrogen-bond donors (Lipinski definition) is 1. The fourth-order valence-electron chi connectivity index (χ4n) is 5.52. The number of nitrogens with one attached hydrogen (secondary N) is 1. The van der Waals surface area contributed by atoms with Crippen LogP contribution in [0.15, 0.2) is 42.6 Å². The van der Waals surface area contributed by atoms with Gasteiger partial charge in [-0.3, -0.25) is 9.48 Å². The lowest BCUT2D eigenvalue weighted by molar-refractivity contribution is -0.135. The molecule has 3 fully saturated rings. The van der Waals surface area contributed by atoms with Crippen LogP contribution < -0.4 is 5.32 Å². The number of rotatable bonds is 5. The Morgan fingerprint density at radius 2 is 2.12 bits per heavy atom. The molecule has 164 valence electrons. The van der Waals surface area contributed by atoms with Gasteiger partial charge in [0.05, 0.1) is 29.4 Å².